The monoisotopic (exact) mass is 468 g/mol. The molecule has 0 N–H and O–H groups in total. The van der Waals surface area contributed by atoms with Gasteiger partial charge in [0.15, 0.2) is 5.78 Å². The Hall–Kier alpha value is -0.870. The van der Waals surface area contributed by atoms with Crippen LogP contribution in [0.1, 0.15) is 107 Å². The van der Waals surface area contributed by atoms with Crippen LogP contribution in [0.3, 0.4) is 0 Å². The lowest BCUT2D eigenvalue weighted by atomic mass is 10.0. The van der Waals surface area contributed by atoms with Crippen LogP contribution < -0.4 is 4.74 Å². The lowest BCUT2D eigenvalue weighted by molar-refractivity contribution is 0.0752. The van der Waals surface area contributed by atoms with Gasteiger partial charge < -0.3 is 9.47 Å². The SMILES string of the molecule is CCCCCCCCCCCCCCCCOCC(=O)c1ccc(OC)c(Br)c1. The highest BCUT2D eigenvalue weighted by molar-refractivity contribution is 9.10. The van der Waals surface area contributed by atoms with Gasteiger partial charge in [-0.15, -0.1) is 0 Å². The van der Waals surface area contributed by atoms with Gasteiger partial charge >= 0.3 is 0 Å². The fourth-order valence-corrected chi connectivity index (χ4v) is 4.03. The van der Waals surface area contributed by atoms with Crippen LogP contribution in [0.15, 0.2) is 22.7 Å². The summed E-state index contributed by atoms with van der Waals surface area (Å²) in [5.41, 5.74) is 0.652. The van der Waals surface area contributed by atoms with Crippen molar-refractivity contribution >= 4 is 21.7 Å². The quantitative estimate of drug-likeness (QED) is 0.152. The van der Waals surface area contributed by atoms with Crippen molar-refractivity contribution in [3.05, 3.63) is 28.2 Å². The zero-order valence-corrected chi connectivity index (χ0v) is 20.2. The van der Waals surface area contributed by atoms with Crippen LogP contribution >= 0.6 is 15.9 Å². The minimum absolute atomic E-state index is 0.0127. The van der Waals surface area contributed by atoms with Crippen LogP contribution in [-0.2, 0) is 4.74 Å². The molecular weight excluding hydrogens is 428 g/mol. The van der Waals surface area contributed by atoms with Gasteiger partial charge in [-0.2, -0.15) is 0 Å². The van der Waals surface area contributed by atoms with Crippen LogP contribution in [0, 0.1) is 0 Å². The van der Waals surface area contributed by atoms with Crippen molar-refractivity contribution in [3.8, 4) is 5.75 Å². The standard InChI is InChI=1S/C25H41BrO3/c1-3-4-5-6-7-8-9-10-11-12-13-14-15-16-19-29-21-24(27)22-17-18-25(28-2)23(26)20-22/h17-18,20H,3-16,19,21H2,1-2H3. The van der Waals surface area contributed by atoms with E-state index in [2.05, 4.69) is 22.9 Å². The number of carbonyl (C=O) groups excluding carboxylic acids is 1. The maximum atomic E-state index is 12.2. The Morgan fingerprint density at radius 2 is 1.34 bits per heavy atom. The van der Waals surface area contributed by atoms with E-state index in [1.54, 1.807) is 25.3 Å². The average molecular weight is 470 g/mol. The van der Waals surface area contributed by atoms with E-state index in [1.807, 2.05) is 0 Å². The summed E-state index contributed by atoms with van der Waals surface area (Å²) in [6.07, 6.45) is 18.9. The number of rotatable bonds is 19. The first-order valence-electron chi connectivity index (χ1n) is 11.6. The minimum Gasteiger partial charge on any atom is -0.496 e. The molecule has 0 aliphatic heterocycles. The van der Waals surface area contributed by atoms with Gasteiger partial charge in [0.1, 0.15) is 12.4 Å². The summed E-state index contributed by atoms with van der Waals surface area (Å²) in [5, 5.41) is 0. The van der Waals surface area contributed by atoms with Gasteiger partial charge in [0.2, 0.25) is 0 Å². The molecule has 0 amide bonds. The fraction of sp³-hybridized carbons (Fsp3) is 0.720. The van der Waals surface area contributed by atoms with Crippen LogP contribution in [0.5, 0.6) is 5.75 Å². The number of hydrogen-bond donors (Lipinski definition) is 0. The Bertz CT molecular complexity index is 545. The zero-order chi connectivity index (χ0) is 21.2. The van der Waals surface area contributed by atoms with E-state index in [0.717, 1.165) is 16.6 Å². The fourth-order valence-electron chi connectivity index (χ4n) is 3.49. The molecule has 166 valence electrons. The number of ketones is 1. The molecule has 0 spiro atoms. The summed E-state index contributed by atoms with van der Waals surface area (Å²) in [5.74, 6) is 0.739. The second-order valence-electron chi connectivity index (χ2n) is 7.92. The van der Waals surface area contributed by atoms with Crippen molar-refractivity contribution in [2.75, 3.05) is 20.3 Å². The molecule has 0 fully saturated rings. The van der Waals surface area contributed by atoms with E-state index in [1.165, 1.54) is 83.5 Å². The number of hydrogen-bond acceptors (Lipinski definition) is 3. The van der Waals surface area contributed by atoms with Crippen LogP contribution in [-0.4, -0.2) is 26.1 Å². The molecule has 0 bridgehead atoms. The first-order valence-corrected chi connectivity index (χ1v) is 12.4. The molecule has 1 aromatic carbocycles. The van der Waals surface area contributed by atoms with Crippen molar-refractivity contribution in [2.45, 2.75) is 96.8 Å². The summed E-state index contributed by atoms with van der Waals surface area (Å²) in [6.45, 7) is 3.09. The predicted octanol–water partition coefficient (Wildman–Crippen LogP) is 8.14. The molecule has 1 rings (SSSR count). The molecule has 0 unspecified atom stereocenters. The lowest BCUT2D eigenvalue weighted by Crippen LogP contribution is -2.10. The second kappa shape index (κ2) is 17.9. The highest BCUT2D eigenvalue weighted by Crippen LogP contribution is 2.25. The topological polar surface area (TPSA) is 35.5 Å². The molecule has 3 nitrogen and oxygen atoms in total. The summed E-state index contributed by atoms with van der Waals surface area (Å²) in [6, 6.07) is 5.36. The van der Waals surface area contributed by atoms with Gasteiger partial charge in [-0.05, 0) is 40.5 Å². The van der Waals surface area contributed by atoms with Crippen molar-refractivity contribution in [2.24, 2.45) is 0 Å². The molecule has 0 aliphatic rings. The third kappa shape index (κ3) is 13.1. The molecule has 4 heteroatoms. The maximum absolute atomic E-state index is 12.2. The number of ether oxygens (including phenoxy) is 2. The van der Waals surface area contributed by atoms with Crippen LogP contribution in [0.2, 0.25) is 0 Å². The van der Waals surface area contributed by atoms with Crippen molar-refractivity contribution in [3.63, 3.8) is 0 Å². The van der Waals surface area contributed by atoms with Crippen LogP contribution in [0.4, 0.5) is 0 Å². The minimum atomic E-state index is 0.0127. The number of unbranched alkanes of at least 4 members (excludes halogenated alkanes) is 13. The molecule has 0 radical (unpaired) electrons. The van der Waals surface area contributed by atoms with Gasteiger partial charge in [-0.1, -0.05) is 90.4 Å². The maximum Gasteiger partial charge on any atom is 0.188 e. The summed E-state index contributed by atoms with van der Waals surface area (Å²) >= 11 is 3.41. The molecule has 0 aromatic heterocycles. The zero-order valence-electron chi connectivity index (χ0n) is 18.6. The number of halogens is 1. The molecule has 0 heterocycles. The van der Waals surface area contributed by atoms with E-state index in [-0.39, 0.29) is 12.4 Å². The molecule has 0 aliphatic carbocycles. The first kappa shape index (κ1) is 26.2. The van der Waals surface area contributed by atoms with Crippen molar-refractivity contribution in [1.29, 1.82) is 0 Å². The van der Waals surface area contributed by atoms with E-state index < -0.39 is 0 Å². The number of carbonyl (C=O) groups is 1. The van der Waals surface area contributed by atoms with Gasteiger partial charge in [0.05, 0.1) is 11.6 Å². The normalized spacial score (nSPS) is 11.0. The lowest BCUT2D eigenvalue weighted by Gasteiger charge is -2.07. The summed E-state index contributed by atoms with van der Waals surface area (Å²) in [7, 11) is 1.61. The third-order valence-electron chi connectivity index (χ3n) is 5.35. The van der Waals surface area contributed by atoms with Gasteiger partial charge in [-0.3, -0.25) is 4.79 Å². The predicted molar refractivity (Wildman–Crippen MR) is 126 cm³/mol. The first-order chi connectivity index (χ1) is 14.2. The number of methoxy groups -OCH3 is 1. The van der Waals surface area contributed by atoms with Crippen LogP contribution in [0.25, 0.3) is 0 Å². The van der Waals surface area contributed by atoms with Gasteiger partial charge in [-0.25, -0.2) is 0 Å². The third-order valence-corrected chi connectivity index (χ3v) is 5.97. The Balaban J connectivity index is 1.89. The average Bonchev–Trinajstić information content (AvgIpc) is 2.73. The Labute approximate surface area is 187 Å². The number of Topliss-reactive ketones (excluding diaryl/α,β-unsaturated/α-hetero) is 1. The Morgan fingerprint density at radius 3 is 1.83 bits per heavy atom. The highest BCUT2D eigenvalue weighted by atomic mass is 79.9. The highest BCUT2D eigenvalue weighted by Gasteiger charge is 2.09. The van der Waals surface area contributed by atoms with E-state index in [9.17, 15) is 4.79 Å². The summed E-state index contributed by atoms with van der Waals surface area (Å²) in [4.78, 5) is 12.2. The molecule has 1 aromatic rings. The van der Waals surface area contributed by atoms with Gasteiger partial charge in [0, 0.05) is 12.2 Å². The molecule has 0 saturated heterocycles. The van der Waals surface area contributed by atoms with E-state index in [4.69, 9.17) is 9.47 Å². The van der Waals surface area contributed by atoms with E-state index in [0.29, 0.717) is 12.2 Å². The van der Waals surface area contributed by atoms with Gasteiger partial charge in [0.25, 0.3) is 0 Å². The molecular formula is C25H41BrO3. The Morgan fingerprint density at radius 1 is 0.828 bits per heavy atom. The van der Waals surface area contributed by atoms with E-state index >= 15 is 0 Å². The Kier molecular flexibility index (Phi) is 16.2. The molecule has 0 saturated carbocycles. The molecule has 0 atom stereocenters. The largest absolute Gasteiger partial charge is 0.496 e. The second-order valence-corrected chi connectivity index (χ2v) is 8.78. The van der Waals surface area contributed by atoms with Crippen molar-refractivity contribution < 1.29 is 14.3 Å². The number of benzene rings is 1. The van der Waals surface area contributed by atoms with Crippen molar-refractivity contribution in [1.82, 2.24) is 0 Å². The summed E-state index contributed by atoms with van der Waals surface area (Å²) < 4.78 is 11.5. The smallest absolute Gasteiger partial charge is 0.188 e. The molecule has 29 heavy (non-hydrogen) atoms.